The second-order valence-corrected chi connectivity index (χ2v) is 7.58. The van der Waals surface area contributed by atoms with Crippen LogP contribution < -0.4 is 4.74 Å². The minimum absolute atomic E-state index is 0.545. The molecule has 2 heterocycles. The fourth-order valence-corrected chi connectivity index (χ4v) is 3.26. The van der Waals surface area contributed by atoms with Gasteiger partial charge in [-0.2, -0.15) is 0 Å². The Morgan fingerprint density at radius 2 is 2.12 bits per heavy atom. The third-order valence-electron chi connectivity index (χ3n) is 4.59. The molecule has 1 unspecified atom stereocenters. The van der Waals surface area contributed by atoms with Crippen molar-refractivity contribution in [1.82, 2.24) is 9.88 Å². The first-order chi connectivity index (χ1) is 12.7. The van der Waals surface area contributed by atoms with Crippen LogP contribution in [0.1, 0.15) is 31.5 Å². The molecule has 1 aromatic heterocycles. The second-order valence-electron chi connectivity index (χ2n) is 7.58. The summed E-state index contributed by atoms with van der Waals surface area (Å²) in [5, 5.41) is 0. The van der Waals surface area contributed by atoms with Gasteiger partial charge in [-0.1, -0.05) is 32.0 Å². The lowest BCUT2D eigenvalue weighted by molar-refractivity contribution is 0.0864. The summed E-state index contributed by atoms with van der Waals surface area (Å²) in [6.07, 6.45) is 3.01. The number of aromatic nitrogens is 1. The highest BCUT2D eigenvalue weighted by molar-refractivity contribution is 5.28. The first kappa shape index (κ1) is 18.9. The van der Waals surface area contributed by atoms with Crippen molar-refractivity contribution in [2.45, 2.75) is 33.4 Å². The number of pyridine rings is 1. The molecule has 1 fully saturated rings. The molecule has 0 bridgehead atoms. The normalized spacial score (nSPS) is 17.7. The van der Waals surface area contributed by atoms with Crippen LogP contribution in [0.25, 0.3) is 0 Å². The number of ether oxygens (including phenoxy) is 2. The molecule has 2 aromatic rings. The predicted molar refractivity (Wildman–Crippen MR) is 104 cm³/mol. The van der Waals surface area contributed by atoms with E-state index in [-0.39, 0.29) is 0 Å². The fourth-order valence-electron chi connectivity index (χ4n) is 3.26. The van der Waals surface area contributed by atoms with Crippen LogP contribution in [0.15, 0.2) is 48.7 Å². The van der Waals surface area contributed by atoms with E-state index in [0.717, 1.165) is 44.3 Å². The molecule has 3 rings (SSSR count). The molecule has 1 saturated heterocycles. The molecule has 4 nitrogen and oxygen atoms in total. The van der Waals surface area contributed by atoms with Crippen molar-refractivity contribution in [2.24, 2.45) is 11.8 Å². The van der Waals surface area contributed by atoms with Gasteiger partial charge in [-0.05, 0) is 54.6 Å². The van der Waals surface area contributed by atoms with E-state index in [4.69, 9.17) is 9.47 Å². The van der Waals surface area contributed by atoms with Crippen LogP contribution in [-0.4, -0.2) is 36.2 Å². The Morgan fingerprint density at radius 1 is 1.19 bits per heavy atom. The summed E-state index contributed by atoms with van der Waals surface area (Å²) in [7, 11) is 0. The minimum Gasteiger partial charge on any atom is -0.493 e. The molecule has 0 N–H and O–H groups in total. The van der Waals surface area contributed by atoms with Crippen molar-refractivity contribution >= 4 is 0 Å². The van der Waals surface area contributed by atoms with E-state index in [1.165, 1.54) is 12.0 Å². The Labute approximate surface area is 157 Å². The van der Waals surface area contributed by atoms with Gasteiger partial charge in [-0.15, -0.1) is 0 Å². The van der Waals surface area contributed by atoms with E-state index >= 15 is 0 Å². The van der Waals surface area contributed by atoms with Crippen molar-refractivity contribution in [2.75, 3.05) is 26.3 Å². The summed E-state index contributed by atoms with van der Waals surface area (Å²) in [5.41, 5.74) is 2.32. The Kier molecular flexibility index (Phi) is 7.04. The van der Waals surface area contributed by atoms with E-state index in [2.05, 4.69) is 41.9 Å². The Hall–Kier alpha value is -1.91. The average Bonchev–Trinajstić information content (AvgIpc) is 3.08. The maximum Gasteiger partial charge on any atom is 0.119 e. The number of hydrogen-bond donors (Lipinski definition) is 0. The summed E-state index contributed by atoms with van der Waals surface area (Å²) in [6.45, 7) is 9.73. The maximum absolute atomic E-state index is 5.87. The monoisotopic (exact) mass is 354 g/mol. The lowest BCUT2D eigenvalue weighted by Crippen LogP contribution is -2.21. The van der Waals surface area contributed by atoms with Gasteiger partial charge >= 0.3 is 0 Å². The molecular formula is C22H30N2O2. The molecule has 26 heavy (non-hydrogen) atoms. The number of hydrogen-bond acceptors (Lipinski definition) is 4. The molecule has 0 radical (unpaired) electrons. The smallest absolute Gasteiger partial charge is 0.119 e. The van der Waals surface area contributed by atoms with E-state index in [1.807, 2.05) is 30.5 Å². The van der Waals surface area contributed by atoms with Crippen molar-refractivity contribution in [3.05, 3.63) is 59.9 Å². The summed E-state index contributed by atoms with van der Waals surface area (Å²) < 4.78 is 11.7. The predicted octanol–water partition coefficient (Wildman–Crippen LogP) is 4.16. The van der Waals surface area contributed by atoms with Crippen molar-refractivity contribution in [1.29, 1.82) is 0 Å². The van der Waals surface area contributed by atoms with Crippen molar-refractivity contribution in [3.8, 4) is 5.75 Å². The Bertz CT molecular complexity index is 660. The molecule has 4 heteroatoms. The number of benzene rings is 1. The molecule has 0 amide bonds. The molecule has 0 spiro atoms. The van der Waals surface area contributed by atoms with Crippen molar-refractivity contribution < 1.29 is 9.47 Å². The highest BCUT2D eigenvalue weighted by atomic mass is 16.5. The Morgan fingerprint density at radius 3 is 2.92 bits per heavy atom. The third-order valence-corrected chi connectivity index (χ3v) is 4.59. The molecule has 0 aliphatic carbocycles. The molecule has 1 atom stereocenters. The van der Waals surface area contributed by atoms with Crippen molar-refractivity contribution in [3.63, 3.8) is 0 Å². The maximum atomic E-state index is 5.87. The largest absolute Gasteiger partial charge is 0.493 e. The van der Waals surface area contributed by atoms with E-state index in [1.54, 1.807) is 0 Å². The fraction of sp³-hybridized carbons (Fsp3) is 0.500. The van der Waals surface area contributed by atoms with Crippen LogP contribution in [0.3, 0.4) is 0 Å². The van der Waals surface area contributed by atoms with Gasteiger partial charge in [0.1, 0.15) is 5.75 Å². The summed E-state index contributed by atoms with van der Waals surface area (Å²) in [4.78, 5) is 6.81. The zero-order chi connectivity index (χ0) is 18.2. The minimum atomic E-state index is 0.545. The molecular weight excluding hydrogens is 324 g/mol. The van der Waals surface area contributed by atoms with E-state index < -0.39 is 0 Å². The molecule has 1 aliphatic heterocycles. The van der Waals surface area contributed by atoms with E-state index in [0.29, 0.717) is 18.4 Å². The van der Waals surface area contributed by atoms with Gasteiger partial charge in [-0.3, -0.25) is 9.88 Å². The Balaban J connectivity index is 1.40. The van der Waals surface area contributed by atoms with Crippen LogP contribution in [-0.2, 0) is 17.9 Å². The lowest BCUT2D eigenvalue weighted by atomic mass is 10.1. The van der Waals surface area contributed by atoms with Gasteiger partial charge in [0.05, 0.1) is 25.5 Å². The van der Waals surface area contributed by atoms with Crippen LogP contribution in [0.5, 0.6) is 5.75 Å². The van der Waals surface area contributed by atoms with Crippen LogP contribution in [0.2, 0.25) is 0 Å². The highest BCUT2D eigenvalue weighted by Gasteiger charge is 2.22. The van der Waals surface area contributed by atoms with Gasteiger partial charge in [0, 0.05) is 19.3 Å². The highest BCUT2D eigenvalue weighted by Crippen LogP contribution is 2.21. The lowest BCUT2D eigenvalue weighted by Gasteiger charge is -2.17. The summed E-state index contributed by atoms with van der Waals surface area (Å²) in [6, 6.07) is 14.4. The first-order valence-corrected chi connectivity index (χ1v) is 9.61. The van der Waals surface area contributed by atoms with E-state index in [9.17, 15) is 0 Å². The average molecular weight is 354 g/mol. The van der Waals surface area contributed by atoms with Crippen LogP contribution in [0.4, 0.5) is 0 Å². The topological polar surface area (TPSA) is 34.6 Å². The number of nitrogens with zero attached hydrogens (tertiary/aromatic N) is 2. The first-order valence-electron chi connectivity index (χ1n) is 9.61. The quantitative estimate of drug-likeness (QED) is 0.677. The third kappa shape index (κ3) is 6.11. The summed E-state index contributed by atoms with van der Waals surface area (Å²) in [5.74, 6) is 2.13. The van der Waals surface area contributed by atoms with Gasteiger partial charge < -0.3 is 9.47 Å². The standard InChI is InChI=1S/C22H30N2O2/c1-18(2)15-26-22-8-5-6-19(12-22)13-24-11-9-20(14-24)16-25-17-21-7-3-4-10-23-21/h3-8,10,12,18,20H,9,11,13-17H2,1-2H3. The zero-order valence-electron chi connectivity index (χ0n) is 15.9. The molecule has 1 aromatic carbocycles. The summed E-state index contributed by atoms with van der Waals surface area (Å²) >= 11 is 0. The van der Waals surface area contributed by atoms with Gasteiger partial charge in [0.25, 0.3) is 0 Å². The number of rotatable bonds is 9. The SMILES string of the molecule is CC(C)COc1cccc(CN2CCC(COCc3ccccn3)C2)c1. The molecule has 0 saturated carbocycles. The van der Waals surface area contributed by atoms with Crippen LogP contribution >= 0.6 is 0 Å². The van der Waals surface area contributed by atoms with Gasteiger partial charge in [-0.25, -0.2) is 0 Å². The second kappa shape index (κ2) is 9.70. The molecule has 1 aliphatic rings. The number of likely N-dealkylation sites (tertiary alicyclic amines) is 1. The molecule has 140 valence electrons. The zero-order valence-corrected chi connectivity index (χ0v) is 15.9. The van der Waals surface area contributed by atoms with Gasteiger partial charge in [0.15, 0.2) is 0 Å². The van der Waals surface area contributed by atoms with Gasteiger partial charge in [0.2, 0.25) is 0 Å². The van der Waals surface area contributed by atoms with Crippen LogP contribution in [0, 0.1) is 11.8 Å².